The number of nitrogens with zero attached hydrogens (tertiary/aromatic N) is 1. The highest BCUT2D eigenvalue weighted by Crippen LogP contribution is 2.36. The number of hydrogen-bond acceptors (Lipinski definition) is 4. The normalized spacial score (nSPS) is 13.5. The first-order chi connectivity index (χ1) is 16.3. The molecule has 0 radical (unpaired) electrons. The van der Waals surface area contributed by atoms with Crippen LogP contribution in [0.4, 0.5) is 17.1 Å². The summed E-state index contributed by atoms with van der Waals surface area (Å²) in [6, 6.07) is 20.3. The molecular formula is C28H27N3O3. The van der Waals surface area contributed by atoms with Crippen molar-refractivity contribution in [3.8, 4) is 0 Å². The van der Waals surface area contributed by atoms with Gasteiger partial charge in [-0.1, -0.05) is 43.3 Å². The number of aryl methyl sites for hydroxylation is 2. The van der Waals surface area contributed by atoms with Crippen molar-refractivity contribution in [2.75, 3.05) is 15.5 Å². The predicted octanol–water partition coefficient (Wildman–Crippen LogP) is 5.22. The molecule has 0 spiro atoms. The fourth-order valence-corrected chi connectivity index (χ4v) is 4.00. The van der Waals surface area contributed by atoms with E-state index in [1.54, 1.807) is 30.3 Å². The zero-order valence-electron chi connectivity index (χ0n) is 19.7. The molecule has 0 saturated heterocycles. The van der Waals surface area contributed by atoms with Crippen molar-refractivity contribution in [2.45, 2.75) is 34.1 Å². The van der Waals surface area contributed by atoms with Gasteiger partial charge in [-0.3, -0.25) is 14.4 Å². The minimum absolute atomic E-state index is 0.182. The van der Waals surface area contributed by atoms with E-state index in [-0.39, 0.29) is 11.6 Å². The van der Waals surface area contributed by atoms with Crippen LogP contribution in [-0.4, -0.2) is 17.7 Å². The first-order valence-electron chi connectivity index (χ1n) is 11.2. The molecule has 34 heavy (non-hydrogen) atoms. The van der Waals surface area contributed by atoms with Crippen LogP contribution < -0.4 is 15.5 Å². The first kappa shape index (κ1) is 23.0. The van der Waals surface area contributed by atoms with E-state index in [1.165, 1.54) is 17.4 Å². The molecule has 1 aliphatic rings. The summed E-state index contributed by atoms with van der Waals surface area (Å²) < 4.78 is 0. The van der Waals surface area contributed by atoms with Gasteiger partial charge in [0.1, 0.15) is 5.70 Å². The van der Waals surface area contributed by atoms with E-state index >= 15 is 0 Å². The third-order valence-electron chi connectivity index (χ3n) is 6.03. The lowest BCUT2D eigenvalue weighted by atomic mass is 10.0. The van der Waals surface area contributed by atoms with Gasteiger partial charge in [0.2, 0.25) is 5.91 Å². The van der Waals surface area contributed by atoms with E-state index in [2.05, 4.69) is 17.6 Å². The number of rotatable bonds is 6. The van der Waals surface area contributed by atoms with E-state index in [4.69, 9.17) is 0 Å². The van der Waals surface area contributed by atoms with Gasteiger partial charge in [-0.2, -0.15) is 0 Å². The lowest BCUT2D eigenvalue weighted by molar-refractivity contribution is -0.120. The minimum atomic E-state index is -0.404. The zero-order chi connectivity index (χ0) is 24.4. The van der Waals surface area contributed by atoms with E-state index in [0.717, 1.165) is 23.2 Å². The van der Waals surface area contributed by atoms with Crippen LogP contribution in [0.3, 0.4) is 0 Å². The van der Waals surface area contributed by atoms with Crippen LogP contribution in [0, 0.1) is 13.8 Å². The number of anilines is 3. The quantitative estimate of drug-likeness (QED) is 0.502. The smallest absolute Gasteiger partial charge is 0.282 e. The van der Waals surface area contributed by atoms with Gasteiger partial charge in [0.05, 0.1) is 11.3 Å². The van der Waals surface area contributed by atoms with Gasteiger partial charge in [0.25, 0.3) is 11.8 Å². The van der Waals surface area contributed by atoms with E-state index < -0.39 is 11.8 Å². The van der Waals surface area contributed by atoms with Gasteiger partial charge in [0, 0.05) is 18.3 Å². The molecule has 0 aromatic heterocycles. The molecule has 1 heterocycles. The summed E-state index contributed by atoms with van der Waals surface area (Å²) in [5, 5.41) is 5.92. The molecule has 0 unspecified atom stereocenters. The number of benzene rings is 3. The van der Waals surface area contributed by atoms with Crippen LogP contribution in [0.15, 0.2) is 72.4 Å². The van der Waals surface area contributed by atoms with Gasteiger partial charge in [-0.05, 0) is 72.9 Å². The third-order valence-corrected chi connectivity index (χ3v) is 6.03. The molecule has 3 amide bonds. The molecule has 6 heteroatoms. The van der Waals surface area contributed by atoms with Crippen LogP contribution in [0.1, 0.15) is 36.1 Å². The highest BCUT2D eigenvalue weighted by atomic mass is 16.2. The largest absolute Gasteiger partial charge is 0.350 e. The summed E-state index contributed by atoms with van der Waals surface area (Å²) in [6.45, 7) is 7.37. The second-order valence-electron chi connectivity index (χ2n) is 8.35. The molecule has 3 aromatic carbocycles. The van der Waals surface area contributed by atoms with Crippen molar-refractivity contribution in [1.29, 1.82) is 0 Å². The molecule has 4 rings (SSSR count). The Balaban J connectivity index is 1.80. The number of hydrogen-bond donors (Lipinski definition) is 2. The van der Waals surface area contributed by atoms with E-state index in [0.29, 0.717) is 22.5 Å². The Morgan fingerprint density at radius 1 is 0.853 bits per heavy atom. The Labute approximate surface area is 199 Å². The Kier molecular flexibility index (Phi) is 6.32. The average Bonchev–Trinajstić information content (AvgIpc) is 3.06. The molecule has 0 bridgehead atoms. The monoisotopic (exact) mass is 453 g/mol. The lowest BCUT2D eigenvalue weighted by Gasteiger charge is -2.19. The minimum Gasteiger partial charge on any atom is -0.350 e. The third kappa shape index (κ3) is 4.35. The van der Waals surface area contributed by atoms with Crippen molar-refractivity contribution < 1.29 is 14.4 Å². The summed E-state index contributed by atoms with van der Waals surface area (Å²) in [5.74, 6) is -0.976. The number of carbonyl (C=O) groups excluding carboxylic acids is 3. The Hall–Kier alpha value is -4.19. The van der Waals surface area contributed by atoms with Crippen LogP contribution >= 0.6 is 0 Å². The Bertz CT molecular complexity index is 1310. The molecule has 0 atom stereocenters. The van der Waals surface area contributed by atoms with Gasteiger partial charge in [-0.15, -0.1) is 0 Å². The van der Waals surface area contributed by atoms with Gasteiger partial charge in [0.15, 0.2) is 0 Å². The lowest BCUT2D eigenvalue weighted by Crippen LogP contribution is -2.33. The maximum atomic E-state index is 13.7. The molecule has 2 N–H and O–H groups in total. The summed E-state index contributed by atoms with van der Waals surface area (Å²) >= 11 is 0. The van der Waals surface area contributed by atoms with Crippen molar-refractivity contribution in [3.05, 3.63) is 94.7 Å². The van der Waals surface area contributed by atoms with Gasteiger partial charge in [-0.25, -0.2) is 4.90 Å². The molecular weight excluding hydrogens is 426 g/mol. The number of nitrogens with one attached hydrogen (secondary N) is 2. The van der Waals surface area contributed by atoms with Crippen molar-refractivity contribution in [2.24, 2.45) is 0 Å². The van der Waals surface area contributed by atoms with E-state index in [1.807, 2.05) is 50.2 Å². The number of amides is 3. The van der Waals surface area contributed by atoms with Crippen molar-refractivity contribution in [3.63, 3.8) is 0 Å². The van der Waals surface area contributed by atoms with Crippen molar-refractivity contribution >= 4 is 40.4 Å². The maximum absolute atomic E-state index is 13.7. The maximum Gasteiger partial charge on any atom is 0.282 e. The fourth-order valence-electron chi connectivity index (χ4n) is 4.00. The zero-order valence-corrected chi connectivity index (χ0v) is 19.7. The van der Waals surface area contributed by atoms with Crippen LogP contribution in [0.25, 0.3) is 5.57 Å². The Morgan fingerprint density at radius 2 is 1.50 bits per heavy atom. The summed E-state index contributed by atoms with van der Waals surface area (Å²) in [4.78, 5) is 39.9. The first-order valence-corrected chi connectivity index (χ1v) is 11.2. The molecule has 0 saturated carbocycles. The second-order valence-corrected chi connectivity index (χ2v) is 8.35. The molecule has 3 aromatic rings. The summed E-state index contributed by atoms with van der Waals surface area (Å²) in [5.41, 5.74) is 6.07. The molecule has 172 valence electrons. The second kappa shape index (κ2) is 9.35. The van der Waals surface area contributed by atoms with Crippen LogP contribution in [0.2, 0.25) is 0 Å². The van der Waals surface area contributed by atoms with Crippen LogP contribution in [0.5, 0.6) is 0 Å². The molecule has 0 aliphatic carbocycles. The number of carbonyl (C=O) groups is 3. The average molecular weight is 454 g/mol. The summed E-state index contributed by atoms with van der Waals surface area (Å²) in [6.07, 6.45) is 0.909. The highest BCUT2D eigenvalue weighted by Gasteiger charge is 2.40. The molecule has 1 aliphatic heterocycles. The molecule has 0 fully saturated rings. The fraction of sp³-hybridized carbons (Fsp3) is 0.179. The Morgan fingerprint density at radius 3 is 2.12 bits per heavy atom. The van der Waals surface area contributed by atoms with Gasteiger partial charge < -0.3 is 10.6 Å². The van der Waals surface area contributed by atoms with Crippen LogP contribution in [-0.2, 0) is 20.8 Å². The predicted molar refractivity (Wildman–Crippen MR) is 136 cm³/mol. The van der Waals surface area contributed by atoms with E-state index in [9.17, 15) is 14.4 Å². The van der Waals surface area contributed by atoms with Crippen molar-refractivity contribution in [1.82, 2.24) is 0 Å². The molecule has 6 nitrogen and oxygen atoms in total. The van der Waals surface area contributed by atoms with Gasteiger partial charge >= 0.3 is 0 Å². The highest BCUT2D eigenvalue weighted by molar-refractivity contribution is 6.46. The summed E-state index contributed by atoms with van der Waals surface area (Å²) in [7, 11) is 0. The topological polar surface area (TPSA) is 78.5 Å². The SMILES string of the molecule is CCc1ccc(NC2=C(c3ccc(NC(C)=O)cc3)C(=O)N(c3cccc(C)c3C)C2=O)cc1. The standard InChI is InChI=1S/C28H27N3O3/c1-5-20-9-13-23(14-10-20)30-26-25(21-11-15-22(16-12-21)29-19(4)32)27(33)31(28(26)34)24-8-6-7-17(2)18(24)3/h6-16,30H,5H2,1-4H3,(H,29,32). The number of imide groups is 1.